The zero-order valence-corrected chi connectivity index (χ0v) is 11.4. The van der Waals surface area contributed by atoms with Gasteiger partial charge in [0.15, 0.2) is 0 Å². The average Bonchev–Trinajstić information content (AvgIpc) is 2.27. The largest absolute Gasteiger partial charge is 0.310 e. The van der Waals surface area contributed by atoms with Gasteiger partial charge in [-0.3, -0.25) is 0 Å². The predicted octanol–water partition coefficient (Wildman–Crippen LogP) is 4.31. The Morgan fingerprint density at radius 2 is 1.88 bits per heavy atom. The lowest BCUT2D eigenvalue weighted by Crippen LogP contribution is -2.21. The lowest BCUT2D eigenvalue weighted by Gasteiger charge is -2.19. The third-order valence-corrected chi connectivity index (χ3v) is 3.00. The molecule has 0 bridgehead atoms. The fourth-order valence-corrected chi connectivity index (χ4v) is 2.31. The summed E-state index contributed by atoms with van der Waals surface area (Å²) in [4.78, 5) is 0. The third-order valence-electron chi connectivity index (χ3n) is 3.00. The van der Waals surface area contributed by atoms with Gasteiger partial charge in [0.25, 0.3) is 0 Å². The molecule has 0 aromatic heterocycles. The Kier molecular flexibility index (Phi) is 5.99. The molecule has 0 aliphatic heterocycles. The zero-order valence-electron chi connectivity index (χ0n) is 11.4. The molecule has 1 nitrogen and oxygen atoms in total. The van der Waals surface area contributed by atoms with Crippen molar-refractivity contribution < 1.29 is 0 Å². The van der Waals surface area contributed by atoms with E-state index in [2.05, 4.69) is 50.9 Å². The lowest BCUT2D eigenvalue weighted by atomic mass is 9.97. The summed E-state index contributed by atoms with van der Waals surface area (Å²) in [6.07, 6.45) is 5.49. The summed E-state index contributed by atoms with van der Waals surface area (Å²) in [6, 6.07) is 7.32. The minimum atomic E-state index is 0.485. The van der Waals surface area contributed by atoms with Gasteiger partial charge in [0.05, 0.1) is 0 Å². The highest BCUT2D eigenvalue weighted by atomic mass is 14.9. The maximum atomic E-state index is 3.78. The summed E-state index contributed by atoms with van der Waals surface area (Å²) < 4.78 is 0. The second-order valence-electron chi connectivity index (χ2n) is 4.75. The van der Waals surface area contributed by atoms with Crippen LogP contribution >= 0.6 is 0 Å². The molecular formula is C16H25N. The number of aryl methyl sites for hydroxylation is 2. The number of hydrogen-bond donors (Lipinski definition) is 1. The predicted molar refractivity (Wildman–Crippen MR) is 76.4 cm³/mol. The van der Waals surface area contributed by atoms with Crippen LogP contribution < -0.4 is 5.32 Å². The molecule has 17 heavy (non-hydrogen) atoms. The van der Waals surface area contributed by atoms with Crippen LogP contribution in [0, 0.1) is 13.8 Å². The van der Waals surface area contributed by atoms with Crippen molar-refractivity contribution in [1.29, 1.82) is 0 Å². The van der Waals surface area contributed by atoms with Crippen molar-refractivity contribution in [1.82, 2.24) is 5.32 Å². The van der Waals surface area contributed by atoms with Gasteiger partial charge in [-0.25, -0.2) is 0 Å². The van der Waals surface area contributed by atoms with Gasteiger partial charge in [-0.1, -0.05) is 42.3 Å². The first-order valence-electron chi connectivity index (χ1n) is 6.59. The minimum absolute atomic E-state index is 0.485. The van der Waals surface area contributed by atoms with E-state index in [4.69, 9.17) is 0 Å². The number of benzene rings is 1. The molecule has 0 spiro atoms. The molecule has 1 unspecified atom stereocenters. The van der Waals surface area contributed by atoms with Crippen molar-refractivity contribution in [3.8, 4) is 0 Å². The molecule has 1 rings (SSSR count). The Morgan fingerprint density at radius 3 is 2.41 bits per heavy atom. The summed E-state index contributed by atoms with van der Waals surface area (Å²) in [5.74, 6) is 0. The van der Waals surface area contributed by atoms with Gasteiger partial charge in [0.1, 0.15) is 0 Å². The van der Waals surface area contributed by atoms with Crippen molar-refractivity contribution in [3.05, 3.63) is 47.5 Å². The maximum Gasteiger partial charge on any atom is 0.0320 e. The van der Waals surface area contributed by atoms with E-state index in [9.17, 15) is 0 Å². The number of hydrogen-bond acceptors (Lipinski definition) is 1. The first-order valence-corrected chi connectivity index (χ1v) is 6.59. The van der Waals surface area contributed by atoms with Crippen molar-refractivity contribution in [2.45, 2.75) is 46.1 Å². The molecule has 0 aliphatic rings. The van der Waals surface area contributed by atoms with E-state index in [0.29, 0.717) is 6.04 Å². The van der Waals surface area contributed by atoms with Crippen molar-refractivity contribution in [2.75, 3.05) is 6.54 Å². The normalized spacial score (nSPS) is 12.4. The molecule has 0 heterocycles. The standard InChI is InChI=1S/C16H25N/c1-5-7-8-9-16(17-6-2)15-11-13(3)10-14(4)12-15/h5,10-12,16-17H,1,6-9H2,2-4H3. The van der Waals surface area contributed by atoms with Gasteiger partial charge in [0, 0.05) is 6.04 Å². The van der Waals surface area contributed by atoms with Crippen molar-refractivity contribution >= 4 is 0 Å². The van der Waals surface area contributed by atoms with Gasteiger partial charge in [-0.05, 0) is 45.2 Å². The maximum absolute atomic E-state index is 3.78. The molecule has 1 aromatic carbocycles. The molecule has 0 saturated heterocycles. The van der Waals surface area contributed by atoms with Crippen LogP contribution in [0.4, 0.5) is 0 Å². The SMILES string of the molecule is C=CCCCC(NCC)c1cc(C)cc(C)c1. The van der Waals surface area contributed by atoms with Crippen LogP contribution in [0.15, 0.2) is 30.9 Å². The van der Waals surface area contributed by atoms with Gasteiger partial charge in [-0.2, -0.15) is 0 Å². The fraction of sp³-hybridized carbons (Fsp3) is 0.500. The molecule has 0 aliphatic carbocycles. The Balaban J connectivity index is 2.76. The summed E-state index contributed by atoms with van der Waals surface area (Å²) in [5, 5.41) is 3.58. The number of rotatable bonds is 7. The molecule has 94 valence electrons. The van der Waals surface area contributed by atoms with E-state index in [-0.39, 0.29) is 0 Å². The fourth-order valence-electron chi connectivity index (χ4n) is 2.31. The highest BCUT2D eigenvalue weighted by molar-refractivity contribution is 5.30. The minimum Gasteiger partial charge on any atom is -0.310 e. The second-order valence-corrected chi connectivity index (χ2v) is 4.75. The third kappa shape index (κ3) is 4.74. The molecule has 0 fully saturated rings. The van der Waals surface area contributed by atoms with Crippen molar-refractivity contribution in [3.63, 3.8) is 0 Å². The first-order chi connectivity index (χ1) is 8.17. The average molecular weight is 231 g/mol. The summed E-state index contributed by atoms with van der Waals surface area (Å²) in [6.45, 7) is 11.3. The van der Waals surface area contributed by atoms with Crippen LogP contribution in [0.2, 0.25) is 0 Å². The van der Waals surface area contributed by atoms with Gasteiger partial charge in [-0.15, -0.1) is 6.58 Å². The van der Waals surface area contributed by atoms with E-state index in [1.165, 1.54) is 29.5 Å². The van der Waals surface area contributed by atoms with E-state index in [1.807, 2.05) is 6.08 Å². The first kappa shape index (κ1) is 14.0. The number of nitrogens with one attached hydrogen (secondary N) is 1. The molecular weight excluding hydrogens is 206 g/mol. The Hall–Kier alpha value is -1.08. The molecule has 0 amide bonds. The highest BCUT2D eigenvalue weighted by Crippen LogP contribution is 2.22. The molecule has 0 radical (unpaired) electrons. The molecule has 1 aromatic rings. The van der Waals surface area contributed by atoms with E-state index in [0.717, 1.165) is 13.0 Å². The summed E-state index contributed by atoms with van der Waals surface area (Å²) in [7, 11) is 0. The Labute approximate surface area is 106 Å². The van der Waals surface area contributed by atoms with Gasteiger partial charge < -0.3 is 5.32 Å². The van der Waals surface area contributed by atoms with E-state index < -0.39 is 0 Å². The molecule has 1 atom stereocenters. The second kappa shape index (κ2) is 7.29. The smallest absolute Gasteiger partial charge is 0.0320 e. The van der Waals surface area contributed by atoms with Crippen LogP contribution in [0.3, 0.4) is 0 Å². The molecule has 1 N–H and O–H groups in total. The van der Waals surface area contributed by atoms with Crippen LogP contribution in [0.5, 0.6) is 0 Å². The zero-order chi connectivity index (χ0) is 12.7. The van der Waals surface area contributed by atoms with Crippen LogP contribution in [0.25, 0.3) is 0 Å². The molecule has 0 saturated carbocycles. The topological polar surface area (TPSA) is 12.0 Å². The Morgan fingerprint density at radius 1 is 1.24 bits per heavy atom. The number of allylic oxidation sites excluding steroid dienone is 1. The monoisotopic (exact) mass is 231 g/mol. The Bertz CT molecular complexity index is 334. The van der Waals surface area contributed by atoms with E-state index in [1.54, 1.807) is 0 Å². The summed E-state index contributed by atoms with van der Waals surface area (Å²) >= 11 is 0. The van der Waals surface area contributed by atoms with Gasteiger partial charge >= 0.3 is 0 Å². The van der Waals surface area contributed by atoms with E-state index >= 15 is 0 Å². The number of unbranched alkanes of at least 4 members (excludes halogenated alkanes) is 1. The van der Waals surface area contributed by atoms with Crippen molar-refractivity contribution in [2.24, 2.45) is 0 Å². The lowest BCUT2D eigenvalue weighted by molar-refractivity contribution is 0.500. The quantitative estimate of drug-likeness (QED) is 0.544. The summed E-state index contributed by atoms with van der Waals surface area (Å²) in [5.41, 5.74) is 4.13. The van der Waals surface area contributed by atoms with Crippen LogP contribution in [-0.4, -0.2) is 6.54 Å². The molecule has 1 heteroatoms. The van der Waals surface area contributed by atoms with Gasteiger partial charge in [0.2, 0.25) is 0 Å². The van der Waals surface area contributed by atoms with Crippen LogP contribution in [0.1, 0.15) is 48.9 Å². The highest BCUT2D eigenvalue weighted by Gasteiger charge is 2.10. The van der Waals surface area contributed by atoms with Crippen LogP contribution in [-0.2, 0) is 0 Å².